The van der Waals surface area contributed by atoms with Gasteiger partial charge < -0.3 is 19.7 Å². The first kappa shape index (κ1) is 22.2. The van der Waals surface area contributed by atoms with Gasteiger partial charge >= 0.3 is 0 Å². The SMILES string of the molecule is Cc1cc(-c2cc3c(-c4cnn([C@H]5CCN(C)C5)c4)c[nH]c3nn2)cc(C)c1N1CCN(C)CC1. The summed E-state index contributed by atoms with van der Waals surface area (Å²) >= 11 is 0. The Morgan fingerprint density at radius 3 is 2.37 bits per heavy atom. The Balaban J connectivity index is 1.32. The van der Waals surface area contributed by atoms with Crippen molar-refractivity contribution in [3.8, 4) is 22.4 Å². The van der Waals surface area contributed by atoms with Crippen molar-refractivity contribution in [3.63, 3.8) is 0 Å². The van der Waals surface area contributed by atoms with Crippen molar-refractivity contribution in [1.82, 2.24) is 34.8 Å². The number of fused-ring (bicyclic) bond motifs is 1. The molecule has 8 nitrogen and oxygen atoms in total. The highest BCUT2D eigenvalue weighted by Gasteiger charge is 2.23. The van der Waals surface area contributed by atoms with Gasteiger partial charge in [-0.3, -0.25) is 4.68 Å². The van der Waals surface area contributed by atoms with E-state index in [-0.39, 0.29) is 0 Å². The first-order valence-electron chi connectivity index (χ1n) is 12.6. The van der Waals surface area contributed by atoms with Crippen LogP contribution in [0.15, 0.2) is 36.8 Å². The molecule has 0 bridgehead atoms. The monoisotopic (exact) mass is 470 g/mol. The lowest BCUT2D eigenvalue weighted by Crippen LogP contribution is -2.45. The maximum Gasteiger partial charge on any atom is 0.160 e. The number of likely N-dealkylation sites (N-methyl/N-ethyl adjacent to an activating group) is 2. The van der Waals surface area contributed by atoms with E-state index in [2.05, 4.69) is 86.9 Å². The third kappa shape index (κ3) is 4.10. The number of likely N-dealkylation sites (tertiary alicyclic amines) is 1. The van der Waals surface area contributed by atoms with Gasteiger partial charge in [-0.2, -0.15) is 5.10 Å². The number of rotatable bonds is 4. The molecule has 2 fully saturated rings. The van der Waals surface area contributed by atoms with Gasteiger partial charge in [-0.15, -0.1) is 10.2 Å². The topological polar surface area (TPSA) is 69.1 Å². The lowest BCUT2D eigenvalue weighted by molar-refractivity contribution is 0.312. The molecule has 2 aliphatic rings. The molecule has 2 saturated heterocycles. The number of aromatic amines is 1. The van der Waals surface area contributed by atoms with Crippen molar-refractivity contribution in [1.29, 1.82) is 0 Å². The van der Waals surface area contributed by atoms with Crippen LogP contribution in [0.5, 0.6) is 0 Å². The van der Waals surface area contributed by atoms with Crippen LogP contribution in [0.3, 0.4) is 0 Å². The molecule has 0 spiro atoms. The second-order valence-corrected chi connectivity index (χ2v) is 10.4. The molecule has 0 amide bonds. The van der Waals surface area contributed by atoms with Gasteiger partial charge in [0.25, 0.3) is 0 Å². The van der Waals surface area contributed by atoms with Gasteiger partial charge in [0, 0.05) is 72.9 Å². The molecule has 35 heavy (non-hydrogen) atoms. The van der Waals surface area contributed by atoms with Crippen LogP contribution in [0, 0.1) is 13.8 Å². The second-order valence-electron chi connectivity index (χ2n) is 10.4. The maximum absolute atomic E-state index is 4.69. The van der Waals surface area contributed by atoms with E-state index in [1.54, 1.807) is 0 Å². The van der Waals surface area contributed by atoms with Crippen molar-refractivity contribution < 1.29 is 0 Å². The predicted molar refractivity (Wildman–Crippen MR) is 141 cm³/mol. The van der Waals surface area contributed by atoms with Crippen LogP contribution in [0.4, 0.5) is 5.69 Å². The molecule has 6 rings (SSSR count). The van der Waals surface area contributed by atoms with Crippen molar-refractivity contribution in [2.75, 3.05) is 58.3 Å². The molecule has 1 aromatic carbocycles. The molecule has 0 unspecified atom stereocenters. The minimum Gasteiger partial charge on any atom is -0.369 e. The largest absolute Gasteiger partial charge is 0.369 e. The van der Waals surface area contributed by atoms with Crippen LogP contribution in [-0.2, 0) is 0 Å². The number of H-pyrrole nitrogens is 1. The van der Waals surface area contributed by atoms with Crippen molar-refractivity contribution in [3.05, 3.63) is 47.9 Å². The van der Waals surface area contributed by atoms with Gasteiger partial charge in [0.2, 0.25) is 0 Å². The van der Waals surface area contributed by atoms with Gasteiger partial charge in [-0.25, -0.2) is 0 Å². The molecular formula is C27H34N8. The molecular weight excluding hydrogens is 436 g/mol. The summed E-state index contributed by atoms with van der Waals surface area (Å²) in [5.41, 5.74) is 9.01. The highest BCUT2D eigenvalue weighted by atomic mass is 15.3. The van der Waals surface area contributed by atoms with Crippen molar-refractivity contribution >= 4 is 16.7 Å². The third-order valence-electron chi connectivity index (χ3n) is 7.70. The number of hydrogen-bond acceptors (Lipinski definition) is 6. The average Bonchev–Trinajstić information content (AvgIpc) is 3.58. The van der Waals surface area contributed by atoms with E-state index in [9.17, 15) is 0 Å². The van der Waals surface area contributed by atoms with E-state index in [1.165, 1.54) is 16.8 Å². The summed E-state index contributed by atoms with van der Waals surface area (Å²) in [5.74, 6) is 0. The first-order valence-corrected chi connectivity index (χ1v) is 12.6. The second kappa shape index (κ2) is 8.77. The summed E-state index contributed by atoms with van der Waals surface area (Å²) in [6.45, 7) is 11.0. The number of aromatic nitrogens is 5. The van der Waals surface area contributed by atoms with E-state index in [0.29, 0.717) is 6.04 Å². The standard InChI is InChI=1S/C27H34N8/c1-18-11-20(12-19(2)26(18)34-9-7-32(3)8-10-34)25-13-23-24(15-28-27(23)31-30-25)21-14-29-35(16-21)22-5-6-33(4)17-22/h11-16,22H,5-10,17H2,1-4H3,(H,28,31)/t22-/m0/s1. The fourth-order valence-electron chi connectivity index (χ4n) is 5.74. The summed E-state index contributed by atoms with van der Waals surface area (Å²) in [7, 11) is 4.37. The summed E-state index contributed by atoms with van der Waals surface area (Å²) < 4.78 is 2.12. The molecule has 182 valence electrons. The Kier molecular flexibility index (Phi) is 5.57. The van der Waals surface area contributed by atoms with Crippen LogP contribution in [0.2, 0.25) is 0 Å². The summed E-state index contributed by atoms with van der Waals surface area (Å²) in [4.78, 5) is 10.6. The molecule has 4 aromatic rings. The minimum atomic E-state index is 0.444. The number of benzene rings is 1. The van der Waals surface area contributed by atoms with E-state index < -0.39 is 0 Å². The van der Waals surface area contributed by atoms with E-state index >= 15 is 0 Å². The first-order chi connectivity index (χ1) is 17.0. The van der Waals surface area contributed by atoms with Crippen LogP contribution in [-0.4, -0.2) is 88.1 Å². The van der Waals surface area contributed by atoms with Crippen molar-refractivity contribution in [2.24, 2.45) is 0 Å². The maximum atomic E-state index is 4.69. The Bertz CT molecular complexity index is 1340. The molecule has 3 aromatic heterocycles. The smallest absolute Gasteiger partial charge is 0.160 e. The highest BCUT2D eigenvalue weighted by molar-refractivity contribution is 5.95. The minimum absolute atomic E-state index is 0.444. The number of anilines is 1. The van der Waals surface area contributed by atoms with Crippen LogP contribution in [0.25, 0.3) is 33.4 Å². The molecule has 1 atom stereocenters. The number of aryl methyl sites for hydroxylation is 2. The molecule has 8 heteroatoms. The van der Waals surface area contributed by atoms with E-state index in [0.717, 1.165) is 79.1 Å². The molecule has 1 N–H and O–H groups in total. The van der Waals surface area contributed by atoms with Crippen LogP contribution < -0.4 is 4.90 Å². The lowest BCUT2D eigenvalue weighted by Gasteiger charge is -2.36. The zero-order valence-corrected chi connectivity index (χ0v) is 21.1. The van der Waals surface area contributed by atoms with E-state index in [4.69, 9.17) is 5.10 Å². The molecule has 0 saturated carbocycles. The van der Waals surface area contributed by atoms with Crippen LogP contribution >= 0.6 is 0 Å². The number of piperazine rings is 1. The Morgan fingerprint density at radius 2 is 1.66 bits per heavy atom. The Hall–Kier alpha value is -3.23. The number of nitrogens with one attached hydrogen (secondary N) is 1. The average molecular weight is 471 g/mol. The third-order valence-corrected chi connectivity index (χ3v) is 7.70. The van der Waals surface area contributed by atoms with Crippen LogP contribution in [0.1, 0.15) is 23.6 Å². The van der Waals surface area contributed by atoms with Gasteiger partial charge in [0.1, 0.15) is 0 Å². The van der Waals surface area contributed by atoms with E-state index in [1.807, 2.05) is 12.4 Å². The molecule has 0 radical (unpaired) electrons. The highest BCUT2D eigenvalue weighted by Crippen LogP contribution is 2.34. The number of nitrogens with zero attached hydrogens (tertiary/aromatic N) is 7. The number of hydrogen-bond donors (Lipinski definition) is 1. The summed E-state index contributed by atoms with van der Waals surface area (Å²) in [6.07, 6.45) is 7.31. The summed E-state index contributed by atoms with van der Waals surface area (Å²) in [5, 5.41) is 14.9. The van der Waals surface area contributed by atoms with Gasteiger partial charge in [0.15, 0.2) is 5.65 Å². The van der Waals surface area contributed by atoms with Gasteiger partial charge in [0.05, 0.1) is 17.9 Å². The Labute approximate surface area is 206 Å². The predicted octanol–water partition coefficient (Wildman–Crippen LogP) is 3.73. The molecule has 5 heterocycles. The lowest BCUT2D eigenvalue weighted by atomic mass is 10.00. The molecule has 2 aliphatic heterocycles. The van der Waals surface area contributed by atoms with Gasteiger partial charge in [-0.05, 0) is 70.2 Å². The quantitative estimate of drug-likeness (QED) is 0.490. The zero-order chi connectivity index (χ0) is 24.1. The molecule has 0 aliphatic carbocycles. The zero-order valence-electron chi connectivity index (χ0n) is 21.1. The van der Waals surface area contributed by atoms with Crippen molar-refractivity contribution in [2.45, 2.75) is 26.3 Å². The van der Waals surface area contributed by atoms with Gasteiger partial charge in [-0.1, -0.05) is 0 Å². The Morgan fingerprint density at radius 1 is 0.886 bits per heavy atom. The normalized spacial score (nSPS) is 19.8. The fraction of sp³-hybridized carbons (Fsp3) is 0.444. The fourth-order valence-corrected chi connectivity index (χ4v) is 5.74. The summed E-state index contributed by atoms with van der Waals surface area (Å²) in [6, 6.07) is 7.13.